The van der Waals surface area contributed by atoms with Crippen LogP contribution in [0.1, 0.15) is 41.9 Å². The van der Waals surface area contributed by atoms with Crippen LogP contribution in [0.2, 0.25) is 10.0 Å². The van der Waals surface area contributed by atoms with E-state index in [0.29, 0.717) is 27.5 Å². The molecule has 0 bridgehead atoms. The molecule has 0 fully saturated rings. The van der Waals surface area contributed by atoms with Crippen molar-refractivity contribution in [2.24, 2.45) is 0 Å². The number of aromatic nitrogens is 1. The summed E-state index contributed by atoms with van der Waals surface area (Å²) in [6, 6.07) is 10.9. The summed E-state index contributed by atoms with van der Waals surface area (Å²) in [4.78, 5) is 38.2. The molecule has 8 heteroatoms. The number of nitrogens with zero attached hydrogens (tertiary/aromatic N) is 1. The summed E-state index contributed by atoms with van der Waals surface area (Å²) in [5.74, 6) is -3.59. The van der Waals surface area contributed by atoms with Crippen molar-refractivity contribution in [2.45, 2.75) is 32.2 Å². The molecule has 0 radical (unpaired) electrons. The summed E-state index contributed by atoms with van der Waals surface area (Å²) in [6.07, 6.45) is -0.251. The van der Waals surface area contributed by atoms with Gasteiger partial charge in [0.2, 0.25) is 5.78 Å². The van der Waals surface area contributed by atoms with E-state index >= 15 is 0 Å². The Morgan fingerprint density at radius 2 is 1.60 bits per heavy atom. The van der Waals surface area contributed by atoms with E-state index in [1.165, 1.54) is 13.0 Å². The molecule has 3 aromatic rings. The van der Waals surface area contributed by atoms with Gasteiger partial charge in [-0.3, -0.25) is 14.4 Å². The standard InChI is InChI=1S/C22H19Cl2NO5/c1-3-22(20(27)28,21(29)30)17-15-9-8-14(24)11-16(15)25(4-2)18(17)19(26)12-6-5-7-13(23)10-12/h5-11H,3-4H2,1-2H3,(H,27,28)(H,29,30). The zero-order chi connectivity index (χ0) is 22.2. The zero-order valence-corrected chi connectivity index (χ0v) is 17.8. The molecule has 0 saturated heterocycles. The van der Waals surface area contributed by atoms with Gasteiger partial charge < -0.3 is 14.8 Å². The molecule has 1 heterocycles. The van der Waals surface area contributed by atoms with Crippen molar-refractivity contribution < 1.29 is 24.6 Å². The summed E-state index contributed by atoms with van der Waals surface area (Å²) < 4.78 is 1.61. The average molecular weight is 448 g/mol. The number of benzene rings is 2. The first-order chi connectivity index (χ1) is 14.2. The van der Waals surface area contributed by atoms with Gasteiger partial charge in [0.25, 0.3) is 0 Å². The molecular formula is C22H19Cl2NO5. The van der Waals surface area contributed by atoms with Gasteiger partial charge in [0.15, 0.2) is 5.41 Å². The molecule has 30 heavy (non-hydrogen) atoms. The van der Waals surface area contributed by atoms with Crippen LogP contribution >= 0.6 is 23.2 Å². The van der Waals surface area contributed by atoms with E-state index in [-0.39, 0.29) is 23.2 Å². The van der Waals surface area contributed by atoms with Gasteiger partial charge >= 0.3 is 11.9 Å². The van der Waals surface area contributed by atoms with Crippen LogP contribution in [-0.4, -0.2) is 32.5 Å². The molecule has 0 atom stereocenters. The van der Waals surface area contributed by atoms with Gasteiger partial charge in [-0.25, -0.2) is 0 Å². The summed E-state index contributed by atoms with van der Waals surface area (Å²) in [5.41, 5.74) is -1.64. The van der Waals surface area contributed by atoms with E-state index in [1.807, 2.05) is 0 Å². The third kappa shape index (κ3) is 3.26. The molecule has 3 rings (SSSR count). The third-order valence-electron chi connectivity index (χ3n) is 5.33. The van der Waals surface area contributed by atoms with Gasteiger partial charge in [0, 0.05) is 33.1 Å². The van der Waals surface area contributed by atoms with Gasteiger partial charge in [-0.05, 0) is 37.6 Å². The normalized spacial score (nSPS) is 11.6. The SMILES string of the molecule is CCn1c(C(=O)c2cccc(Cl)c2)c(C(CC)(C(=O)O)C(=O)O)c2ccc(Cl)cc21. The molecule has 2 aromatic carbocycles. The number of ketones is 1. The molecule has 6 nitrogen and oxygen atoms in total. The monoisotopic (exact) mass is 447 g/mol. The Hall–Kier alpha value is -2.83. The first-order valence-corrected chi connectivity index (χ1v) is 10.0. The lowest BCUT2D eigenvalue weighted by Crippen LogP contribution is -2.44. The first kappa shape index (κ1) is 21.9. The second-order valence-corrected chi connectivity index (χ2v) is 7.71. The van der Waals surface area contributed by atoms with Crippen molar-refractivity contribution in [1.29, 1.82) is 0 Å². The van der Waals surface area contributed by atoms with E-state index in [9.17, 15) is 24.6 Å². The highest BCUT2D eigenvalue weighted by Crippen LogP contribution is 2.41. The lowest BCUT2D eigenvalue weighted by Gasteiger charge is -2.25. The highest BCUT2D eigenvalue weighted by Gasteiger charge is 2.51. The van der Waals surface area contributed by atoms with Crippen molar-refractivity contribution in [3.63, 3.8) is 0 Å². The predicted molar refractivity (Wildman–Crippen MR) is 115 cm³/mol. The fourth-order valence-corrected chi connectivity index (χ4v) is 4.23. The number of carbonyl (C=O) groups is 3. The highest BCUT2D eigenvalue weighted by molar-refractivity contribution is 6.32. The smallest absolute Gasteiger partial charge is 0.325 e. The van der Waals surface area contributed by atoms with Crippen LogP contribution in [0.3, 0.4) is 0 Å². The number of carboxylic acid groups (broad SMARTS) is 2. The van der Waals surface area contributed by atoms with Crippen LogP contribution in [0.4, 0.5) is 0 Å². The van der Waals surface area contributed by atoms with Crippen LogP contribution in [-0.2, 0) is 21.5 Å². The van der Waals surface area contributed by atoms with E-state index in [4.69, 9.17) is 23.2 Å². The fraction of sp³-hybridized carbons (Fsp3) is 0.227. The van der Waals surface area contributed by atoms with Crippen molar-refractivity contribution in [3.05, 3.63) is 69.3 Å². The Bertz CT molecular complexity index is 1170. The maximum absolute atomic E-state index is 13.6. The first-order valence-electron chi connectivity index (χ1n) is 9.28. The van der Waals surface area contributed by atoms with Crippen molar-refractivity contribution in [3.8, 4) is 0 Å². The maximum atomic E-state index is 13.6. The lowest BCUT2D eigenvalue weighted by atomic mass is 9.75. The largest absolute Gasteiger partial charge is 0.480 e. The van der Waals surface area contributed by atoms with E-state index in [2.05, 4.69) is 0 Å². The van der Waals surface area contributed by atoms with Gasteiger partial charge in [-0.2, -0.15) is 0 Å². The minimum absolute atomic E-state index is 0.00341. The Morgan fingerprint density at radius 1 is 0.967 bits per heavy atom. The topological polar surface area (TPSA) is 96.6 Å². The van der Waals surface area contributed by atoms with Crippen LogP contribution in [0.15, 0.2) is 42.5 Å². The molecule has 0 aliphatic carbocycles. The minimum atomic E-state index is -2.31. The minimum Gasteiger partial charge on any atom is -0.480 e. The van der Waals surface area contributed by atoms with Crippen molar-refractivity contribution in [1.82, 2.24) is 4.57 Å². The summed E-state index contributed by atoms with van der Waals surface area (Å²) in [6.45, 7) is 3.56. The third-order valence-corrected chi connectivity index (χ3v) is 5.80. The van der Waals surface area contributed by atoms with Gasteiger partial charge in [-0.15, -0.1) is 0 Å². The maximum Gasteiger partial charge on any atom is 0.325 e. The molecule has 0 unspecified atom stereocenters. The molecule has 0 saturated carbocycles. The Balaban J connectivity index is 2.52. The molecule has 156 valence electrons. The molecule has 0 amide bonds. The molecule has 0 aliphatic heterocycles. The van der Waals surface area contributed by atoms with Crippen molar-refractivity contribution >= 4 is 51.8 Å². The number of halogens is 2. The molecule has 0 spiro atoms. The predicted octanol–water partition coefficient (Wildman–Crippen LogP) is 5.02. The number of hydrogen-bond acceptors (Lipinski definition) is 3. The Morgan fingerprint density at radius 3 is 2.13 bits per heavy atom. The van der Waals surface area contributed by atoms with Gasteiger partial charge in [-0.1, -0.05) is 48.3 Å². The van der Waals surface area contributed by atoms with E-state index < -0.39 is 23.1 Å². The van der Waals surface area contributed by atoms with Crippen LogP contribution in [0.25, 0.3) is 10.9 Å². The van der Waals surface area contributed by atoms with E-state index in [0.717, 1.165) is 0 Å². The lowest BCUT2D eigenvalue weighted by molar-refractivity contribution is -0.157. The summed E-state index contributed by atoms with van der Waals surface area (Å²) >= 11 is 12.2. The van der Waals surface area contributed by atoms with Gasteiger partial charge in [0.1, 0.15) is 0 Å². The van der Waals surface area contributed by atoms with Crippen molar-refractivity contribution in [2.75, 3.05) is 0 Å². The molecule has 1 aromatic heterocycles. The second-order valence-electron chi connectivity index (χ2n) is 6.84. The zero-order valence-electron chi connectivity index (χ0n) is 16.3. The number of carboxylic acids is 2. The average Bonchev–Trinajstić information content (AvgIpc) is 3.01. The number of hydrogen-bond donors (Lipinski definition) is 2. The second kappa shape index (κ2) is 8.13. The number of aryl methyl sites for hydroxylation is 1. The van der Waals surface area contributed by atoms with Gasteiger partial charge in [0.05, 0.1) is 11.2 Å². The quantitative estimate of drug-likeness (QED) is 0.391. The molecule has 0 aliphatic rings. The van der Waals surface area contributed by atoms with E-state index in [1.54, 1.807) is 47.9 Å². The summed E-state index contributed by atoms with van der Waals surface area (Å²) in [5, 5.41) is 21.1. The van der Waals surface area contributed by atoms with Crippen LogP contribution in [0.5, 0.6) is 0 Å². The van der Waals surface area contributed by atoms with Crippen LogP contribution in [0, 0.1) is 0 Å². The fourth-order valence-electron chi connectivity index (χ4n) is 3.87. The highest BCUT2D eigenvalue weighted by atomic mass is 35.5. The number of aliphatic carboxylic acids is 2. The molecule has 2 N–H and O–H groups in total. The number of fused-ring (bicyclic) bond motifs is 1. The number of rotatable bonds is 7. The Labute approximate surface area is 182 Å². The Kier molecular flexibility index (Phi) is 5.92. The molecular weight excluding hydrogens is 429 g/mol. The number of carbonyl (C=O) groups excluding carboxylic acids is 1. The summed E-state index contributed by atoms with van der Waals surface area (Å²) in [7, 11) is 0. The van der Waals surface area contributed by atoms with Crippen LogP contribution < -0.4 is 0 Å².